The van der Waals surface area contributed by atoms with Gasteiger partial charge < -0.3 is 9.84 Å². The van der Waals surface area contributed by atoms with Crippen LogP contribution in [0.5, 0.6) is 5.75 Å². The summed E-state index contributed by atoms with van der Waals surface area (Å²) in [5.41, 5.74) is -0.623. The van der Waals surface area contributed by atoms with Crippen molar-refractivity contribution >= 4 is 0 Å². The van der Waals surface area contributed by atoms with Gasteiger partial charge in [0.1, 0.15) is 11.4 Å². The summed E-state index contributed by atoms with van der Waals surface area (Å²) in [7, 11) is 0. The molecule has 0 aliphatic carbocycles. The van der Waals surface area contributed by atoms with Crippen LogP contribution in [0.3, 0.4) is 0 Å². The molecule has 0 spiro atoms. The number of halogens is 3. The first-order chi connectivity index (χ1) is 9.00. The van der Waals surface area contributed by atoms with Crippen molar-refractivity contribution in [3.8, 4) is 5.75 Å². The molecule has 2 rings (SSSR count). The number of aliphatic hydroxyl groups is 1. The average Bonchev–Trinajstić information content (AvgIpc) is 2.74. The van der Waals surface area contributed by atoms with Gasteiger partial charge in [-0.25, -0.2) is 4.39 Å². The lowest BCUT2D eigenvalue weighted by Crippen LogP contribution is -2.32. The van der Waals surface area contributed by atoms with Crippen molar-refractivity contribution in [3.63, 3.8) is 0 Å². The summed E-state index contributed by atoms with van der Waals surface area (Å²) >= 11 is 0. The van der Waals surface area contributed by atoms with Crippen LogP contribution in [0.25, 0.3) is 0 Å². The minimum Gasteiger partial charge on any atom is -0.435 e. The minimum atomic E-state index is -2.83. The summed E-state index contributed by atoms with van der Waals surface area (Å²) in [5, 5.41) is 8.94. The second-order valence-corrected chi connectivity index (χ2v) is 4.79. The van der Waals surface area contributed by atoms with Gasteiger partial charge in [-0.3, -0.25) is 4.90 Å². The van der Waals surface area contributed by atoms with E-state index < -0.39 is 18.9 Å². The highest BCUT2D eigenvalue weighted by Gasteiger charge is 2.37. The molecule has 106 valence electrons. The summed E-state index contributed by atoms with van der Waals surface area (Å²) in [6.07, 6.45) is 0.316. The summed E-state index contributed by atoms with van der Waals surface area (Å²) in [5.74, 6) is 0.107. The highest BCUT2D eigenvalue weighted by molar-refractivity contribution is 5.27. The van der Waals surface area contributed by atoms with Crippen molar-refractivity contribution in [2.45, 2.75) is 25.2 Å². The zero-order valence-corrected chi connectivity index (χ0v) is 10.4. The quantitative estimate of drug-likeness (QED) is 0.894. The van der Waals surface area contributed by atoms with Crippen LogP contribution in [0.15, 0.2) is 24.3 Å². The van der Waals surface area contributed by atoms with Crippen LogP contribution in [0.4, 0.5) is 13.2 Å². The zero-order chi connectivity index (χ0) is 13.9. The Morgan fingerprint density at radius 1 is 1.32 bits per heavy atom. The summed E-state index contributed by atoms with van der Waals surface area (Å²) in [6.45, 7) is -2.00. The van der Waals surface area contributed by atoms with E-state index in [1.54, 1.807) is 12.1 Å². The van der Waals surface area contributed by atoms with Crippen LogP contribution in [0.2, 0.25) is 0 Å². The molecule has 19 heavy (non-hydrogen) atoms. The molecule has 1 aromatic rings. The van der Waals surface area contributed by atoms with Crippen molar-refractivity contribution in [2.24, 2.45) is 0 Å². The number of rotatable bonds is 5. The van der Waals surface area contributed by atoms with Crippen molar-refractivity contribution in [2.75, 3.05) is 19.7 Å². The highest BCUT2D eigenvalue weighted by Crippen LogP contribution is 2.26. The van der Waals surface area contributed by atoms with Crippen LogP contribution in [0.1, 0.15) is 12.0 Å². The maximum atomic E-state index is 13.8. The van der Waals surface area contributed by atoms with Crippen LogP contribution >= 0.6 is 0 Å². The molecule has 1 atom stereocenters. The third-order valence-corrected chi connectivity index (χ3v) is 3.22. The summed E-state index contributed by atoms with van der Waals surface area (Å²) in [4.78, 5) is 1.89. The minimum absolute atomic E-state index is 0.107. The molecule has 1 saturated heterocycles. The Morgan fingerprint density at radius 3 is 2.53 bits per heavy atom. The number of ether oxygens (including phenoxy) is 1. The molecule has 1 unspecified atom stereocenters. The van der Waals surface area contributed by atoms with Crippen molar-refractivity contribution in [1.82, 2.24) is 4.90 Å². The first kappa shape index (κ1) is 14.1. The number of likely N-dealkylation sites (tertiary alicyclic amines) is 1. The van der Waals surface area contributed by atoms with Gasteiger partial charge in [0, 0.05) is 19.6 Å². The molecule has 0 saturated carbocycles. The lowest BCUT2D eigenvalue weighted by molar-refractivity contribution is -0.0498. The third kappa shape index (κ3) is 3.84. The van der Waals surface area contributed by atoms with Gasteiger partial charge >= 0.3 is 6.61 Å². The van der Waals surface area contributed by atoms with Crippen LogP contribution in [-0.4, -0.2) is 42.0 Å². The smallest absolute Gasteiger partial charge is 0.387 e. The summed E-state index contributed by atoms with van der Waals surface area (Å²) < 4.78 is 42.0. The Labute approximate surface area is 109 Å². The molecule has 0 amide bonds. The molecule has 6 heteroatoms. The van der Waals surface area contributed by atoms with Crippen LogP contribution in [-0.2, 0) is 6.54 Å². The molecule has 3 nitrogen and oxygen atoms in total. The topological polar surface area (TPSA) is 32.7 Å². The first-order valence-electron chi connectivity index (χ1n) is 6.07. The predicted molar refractivity (Wildman–Crippen MR) is 63.9 cm³/mol. The Hall–Kier alpha value is -1.27. The van der Waals surface area contributed by atoms with Gasteiger partial charge in [0.2, 0.25) is 0 Å². The van der Waals surface area contributed by atoms with Gasteiger partial charge in [-0.05, 0) is 24.1 Å². The number of aliphatic hydroxyl groups excluding tert-OH is 1. The van der Waals surface area contributed by atoms with Gasteiger partial charge in [0.05, 0.1) is 6.61 Å². The van der Waals surface area contributed by atoms with Gasteiger partial charge in [-0.15, -0.1) is 0 Å². The fourth-order valence-corrected chi connectivity index (χ4v) is 2.22. The highest BCUT2D eigenvalue weighted by atomic mass is 19.3. The molecule has 0 aromatic heterocycles. The summed E-state index contributed by atoms with van der Waals surface area (Å²) in [6, 6.07) is 6.28. The largest absolute Gasteiger partial charge is 0.435 e. The van der Waals surface area contributed by atoms with E-state index in [9.17, 15) is 13.2 Å². The van der Waals surface area contributed by atoms with E-state index in [0.29, 0.717) is 19.5 Å². The molecule has 0 radical (unpaired) electrons. The molecule has 1 aromatic carbocycles. The zero-order valence-electron chi connectivity index (χ0n) is 10.4. The maximum Gasteiger partial charge on any atom is 0.387 e. The van der Waals surface area contributed by atoms with E-state index in [1.165, 1.54) is 12.1 Å². The van der Waals surface area contributed by atoms with E-state index in [4.69, 9.17) is 5.11 Å². The Balaban J connectivity index is 1.90. The van der Waals surface area contributed by atoms with Crippen LogP contribution < -0.4 is 4.74 Å². The van der Waals surface area contributed by atoms with Gasteiger partial charge in [0.25, 0.3) is 0 Å². The van der Waals surface area contributed by atoms with Gasteiger partial charge in [-0.2, -0.15) is 8.78 Å². The Morgan fingerprint density at radius 2 is 2.00 bits per heavy atom. The Kier molecular flexibility index (Phi) is 4.31. The normalized spacial score (nSPS) is 24.1. The van der Waals surface area contributed by atoms with E-state index in [1.807, 2.05) is 4.90 Å². The number of hydrogen-bond donors (Lipinski definition) is 1. The number of benzene rings is 1. The molecular weight excluding hydrogens is 259 g/mol. The fraction of sp³-hybridized carbons (Fsp3) is 0.538. The van der Waals surface area contributed by atoms with E-state index in [2.05, 4.69) is 4.74 Å². The van der Waals surface area contributed by atoms with Gasteiger partial charge in [0.15, 0.2) is 0 Å². The molecular formula is C13H16F3NO2. The second kappa shape index (κ2) is 5.79. The predicted octanol–water partition coefficient (Wildman–Crippen LogP) is 2.19. The van der Waals surface area contributed by atoms with Gasteiger partial charge in [-0.1, -0.05) is 12.1 Å². The van der Waals surface area contributed by atoms with Crippen molar-refractivity contribution in [1.29, 1.82) is 0 Å². The number of nitrogens with zero attached hydrogens (tertiary/aromatic N) is 1. The van der Waals surface area contributed by atoms with Crippen LogP contribution in [0, 0.1) is 0 Å². The number of alkyl halides is 3. The van der Waals surface area contributed by atoms with E-state index in [-0.39, 0.29) is 12.3 Å². The number of hydrogen-bond acceptors (Lipinski definition) is 3. The first-order valence-corrected chi connectivity index (χ1v) is 6.07. The van der Waals surface area contributed by atoms with E-state index >= 15 is 0 Å². The molecule has 1 heterocycles. The monoisotopic (exact) mass is 275 g/mol. The molecule has 1 N–H and O–H groups in total. The lowest BCUT2D eigenvalue weighted by atomic mass is 10.1. The standard InChI is InChI=1S/C13H16F3NO2/c14-12(15)19-11-3-1-10(2-4-11)7-17-6-5-13(16,8-17)9-18/h1-4,12,18H,5-9H2. The maximum absolute atomic E-state index is 13.8. The molecule has 1 aliphatic heterocycles. The SMILES string of the molecule is OCC1(F)CCN(Cc2ccc(OC(F)F)cc2)C1. The second-order valence-electron chi connectivity index (χ2n) is 4.79. The van der Waals surface area contributed by atoms with Crippen molar-refractivity contribution < 1.29 is 23.0 Å². The fourth-order valence-electron chi connectivity index (χ4n) is 2.22. The Bertz CT molecular complexity index is 413. The lowest BCUT2D eigenvalue weighted by Gasteiger charge is -2.18. The average molecular weight is 275 g/mol. The van der Waals surface area contributed by atoms with Crippen molar-refractivity contribution in [3.05, 3.63) is 29.8 Å². The van der Waals surface area contributed by atoms with E-state index in [0.717, 1.165) is 5.56 Å². The third-order valence-electron chi connectivity index (χ3n) is 3.22. The molecule has 0 bridgehead atoms. The molecule has 1 aliphatic rings. The molecule has 1 fully saturated rings.